The van der Waals surface area contributed by atoms with Crippen LogP contribution in [0.2, 0.25) is 0 Å². The van der Waals surface area contributed by atoms with Gasteiger partial charge in [0.05, 0.1) is 5.69 Å². The topological polar surface area (TPSA) is 12.9 Å². The van der Waals surface area contributed by atoms with Crippen LogP contribution in [0, 0.1) is 0 Å². The molecule has 0 unspecified atom stereocenters. The highest BCUT2D eigenvalue weighted by Crippen LogP contribution is 2.53. The van der Waals surface area contributed by atoms with Crippen LogP contribution in [0.4, 0.5) is 0 Å². The predicted octanol–water partition coefficient (Wildman–Crippen LogP) is 18.0. The second kappa shape index (κ2) is 15.6. The monoisotopic (exact) mass is 835 g/mol. The minimum absolute atomic E-state index is 0.944. The van der Waals surface area contributed by atoms with E-state index in [1.165, 1.54) is 92.5 Å². The summed E-state index contributed by atoms with van der Waals surface area (Å²) in [7, 11) is 0. The molecule has 1 heteroatoms. The highest BCUT2D eigenvalue weighted by atomic mass is 14.7. The summed E-state index contributed by atoms with van der Waals surface area (Å²) in [6, 6.07) is 89.0. The van der Waals surface area contributed by atoms with Crippen LogP contribution in [0.1, 0.15) is 0 Å². The summed E-state index contributed by atoms with van der Waals surface area (Å²) >= 11 is 0. The van der Waals surface area contributed by atoms with E-state index >= 15 is 0 Å². The van der Waals surface area contributed by atoms with Crippen molar-refractivity contribution in [3.8, 4) is 66.9 Å². The van der Waals surface area contributed by atoms with E-state index in [0.717, 1.165) is 39.1 Å². The SMILES string of the molecule is c1ccc(-c2cccc(-c3cccc4c5ccccc5c5ccccc5c34)c2-c2c(-c3nccc(-c4ccccc4)c3-c3ccccc3)ccc3c4ccccc4c4ccccc4c23)cc1. The van der Waals surface area contributed by atoms with Crippen LogP contribution in [0.3, 0.4) is 0 Å². The Kier molecular flexibility index (Phi) is 8.92. The van der Waals surface area contributed by atoms with E-state index < -0.39 is 0 Å². The Morgan fingerprint density at radius 1 is 0.197 bits per heavy atom. The first-order valence-electron chi connectivity index (χ1n) is 22.8. The Labute approximate surface area is 383 Å². The van der Waals surface area contributed by atoms with Gasteiger partial charge < -0.3 is 0 Å². The highest BCUT2D eigenvalue weighted by Gasteiger charge is 2.27. The lowest BCUT2D eigenvalue weighted by Gasteiger charge is -2.25. The van der Waals surface area contributed by atoms with Crippen molar-refractivity contribution >= 4 is 64.6 Å². The third-order valence-electron chi connectivity index (χ3n) is 13.7. The molecule has 0 atom stereocenters. The first kappa shape index (κ1) is 37.9. The lowest BCUT2D eigenvalue weighted by Crippen LogP contribution is -1.99. The largest absolute Gasteiger partial charge is 0.256 e. The minimum Gasteiger partial charge on any atom is -0.256 e. The molecule has 306 valence electrons. The second-order valence-corrected chi connectivity index (χ2v) is 17.2. The van der Waals surface area contributed by atoms with Gasteiger partial charge in [-0.3, -0.25) is 4.98 Å². The van der Waals surface area contributed by atoms with Crippen molar-refractivity contribution in [3.05, 3.63) is 249 Å². The molecule has 66 heavy (non-hydrogen) atoms. The van der Waals surface area contributed by atoms with Crippen LogP contribution < -0.4 is 0 Å². The number of fused-ring (bicyclic) bond motifs is 12. The van der Waals surface area contributed by atoms with Gasteiger partial charge in [0.15, 0.2) is 0 Å². The Balaban J connectivity index is 1.27. The van der Waals surface area contributed by atoms with E-state index in [4.69, 9.17) is 4.98 Å². The molecule has 0 aliphatic carbocycles. The smallest absolute Gasteiger partial charge is 0.0793 e. The zero-order valence-electron chi connectivity index (χ0n) is 36.1. The molecule has 13 aromatic rings. The third kappa shape index (κ3) is 5.91. The predicted molar refractivity (Wildman–Crippen MR) is 282 cm³/mol. The van der Waals surface area contributed by atoms with Crippen molar-refractivity contribution in [1.29, 1.82) is 0 Å². The number of pyridine rings is 1. The molecule has 12 aromatic carbocycles. The fourth-order valence-corrected chi connectivity index (χ4v) is 11.0. The van der Waals surface area contributed by atoms with Gasteiger partial charge in [0.25, 0.3) is 0 Å². The standard InChI is InChI=1S/C65H41N/c1-4-20-42(21-5-1)45-34-18-37-57(56-36-19-35-54-50-28-12-10-26-47(50)49-29-14-16-32-53(49)61(54)56)62(45)64-59(39-38-58-52-31-13-11-27-48(52)51-30-15-17-33-55(51)63(58)64)65-60(44-24-8-3-9-25-44)46(40-41-66-65)43-22-6-2-7-23-43/h1-41H. The normalized spacial score (nSPS) is 11.6. The van der Waals surface area contributed by atoms with Crippen molar-refractivity contribution in [2.24, 2.45) is 0 Å². The molecule has 0 radical (unpaired) electrons. The van der Waals surface area contributed by atoms with Gasteiger partial charge in [0, 0.05) is 22.9 Å². The van der Waals surface area contributed by atoms with Gasteiger partial charge in [0.2, 0.25) is 0 Å². The molecular formula is C65H41N. The van der Waals surface area contributed by atoms with Gasteiger partial charge in [-0.2, -0.15) is 0 Å². The maximum Gasteiger partial charge on any atom is 0.0793 e. The maximum atomic E-state index is 5.48. The number of hydrogen-bond donors (Lipinski definition) is 0. The maximum absolute atomic E-state index is 5.48. The lowest BCUT2D eigenvalue weighted by atomic mass is 9.78. The summed E-state index contributed by atoms with van der Waals surface area (Å²) in [5.74, 6) is 0. The number of benzene rings is 12. The summed E-state index contributed by atoms with van der Waals surface area (Å²) < 4.78 is 0. The molecule has 1 heterocycles. The van der Waals surface area contributed by atoms with Gasteiger partial charge in [-0.25, -0.2) is 0 Å². The molecule has 0 N–H and O–H groups in total. The van der Waals surface area contributed by atoms with Crippen molar-refractivity contribution < 1.29 is 0 Å². The Morgan fingerprint density at radius 2 is 0.576 bits per heavy atom. The number of rotatable bonds is 6. The van der Waals surface area contributed by atoms with Gasteiger partial charge >= 0.3 is 0 Å². The summed E-state index contributed by atoms with van der Waals surface area (Å²) in [6.45, 7) is 0. The van der Waals surface area contributed by atoms with E-state index in [1.807, 2.05) is 6.20 Å². The van der Waals surface area contributed by atoms with Crippen molar-refractivity contribution in [2.45, 2.75) is 0 Å². The van der Waals surface area contributed by atoms with Crippen LogP contribution in [-0.4, -0.2) is 4.98 Å². The highest BCUT2D eigenvalue weighted by molar-refractivity contribution is 6.32. The average molecular weight is 836 g/mol. The fraction of sp³-hybridized carbons (Fsp3) is 0. The van der Waals surface area contributed by atoms with Crippen LogP contribution in [0.25, 0.3) is 132 Å². The first-order valence-corrected chi connectivity index (χ1v) is 22.8. The summed E-state index contributed by atoms with van der Waals surface area (Å²) in [5.41, 5.74) is 13.6. The van der Waals surface area contributed by atoms with E-state index in [2.05, 4.69) is 243 Å². The van der Waals surface area contributed by atoms with Crippen molar-refractivity contribution in [1.82, 2.24) is 4.98 Å². The molecule has 0 saturated heterocycles. The summed E-state index contributed by atoms with van der Waals surface area (Å²) in [5, 5.41) is 14.9. The van der Waals surface area contributed by atoms with Gasteiger partial charge in [0.1, 0.15) is 0 Å². The average Bonchev–Trinajstić information content (AvgIpc) is 3.41. The van der Waals surface area contributed by atoms with Gasteiger partial charge in [-0.1, -0.05) is 237 Å². The molecule has 0 bridgehead atoms. The molecule has 0 saturated carbocycles. The summed E-state index contributed by atoms with van der Waals surface area (Å²) in [6.07, 6.45) is 2.00. The van der Waals surface area contributed by atoms with Crippen LogP contribution >= 0.6 is 0 Å². The zero-order valence-corrected chi connectivity index (χ0v) is 36.1. The van der Waals surface area contributed by atoms with Crippen LogP contribution in [0.15, 0.2) is 249 Å². The first-order chi connectivity index (χ1) is 32.8. The molecular weight excluding hydrogens is 795 g/mol. The van der Waals surface area contributed by atoms with Crippen LogP contribution in [-0.2, 0) is 0 Å². The number of aromatic nitrogens is 1. The molecule has 0 amide bonds. The lowest BCUT2D eigenvalue weighted by molar-refractivity contribution is 1.33. The second-order valence-electron chi connectivity index (χ2n) is 17.2. The number of nitrogens with zero attached hydrogens (tertiary/aromatic N) is 1. The molecule has 0 aliphatic heterocycles. The van der Waals surface area contributed by atoms with Crippen molar-refractivity contribution in [3.63, 3.8) is 0 Å². The quantitative estimate of drug-likeness (QED) is 0.152. The van der Waals surface area contributed by atoms with Crippen LogP contribution in [0.5, 0.6) is 0 Å². The molecule has 1 nitrogen and oxygen atoms in total. The van der Waals surface area contributed by atoms with Gasteiger partial charge in [-0.05, 0) is 115 Å². The Morgan fingerprint density at radius 3 is 1.12 bits per heavy atom. The van der Waals surface area contributed by atoms with E-state index in [-0.39, 0.29) is 0 Å². The summed E-state index contributed by atoms with van der Waals surface area (Å²) in [4.78, 5) is 5.48. The Bertz CT molecular complexity index is 3940. The van der Waals surface area contributed by atoms with E-state index in [1.54, 1.807) is 0 Å². The van der Waals surface area contributed by atoms with E-state index in [0.29, 0.717) is 0 Å². The van der Waals surface area contributed by atoms with Crippen molar-refractivity contribution in [2.75, 3.05) is 0 Å². The fourth-order valence-electron chi connectivity index (χ4n) is 11.0. The molecule has 13 rings (SSSR count). The molecule has 0 spiro atoms. The molecule has 1 aromatic heterocycles. The molecule has 0 fully saturated rings. The van der Waals surface area contributed by atoms with Gasteiger partial charge in [-0.15, -0.1) is 0 Å². The number of hydrogen-bond acceptors (Lipinski definition) is 1. The third-order valence-corrected chi connectivity index (χ3v) is 13.7. The molecule has 0 aliphatic rings. The Hall–Kier alpha value is -8.65. The minimum atomic E-state index is 0.944. The zero-order chi connectivity index (χ0) is 43.6. The van der Waals surface area contributed by atoms with E-state index in [9.17, 15) is 0 Å².